The van der Waals surface area contributed by atoms with Crippen LogP contribution in [0, 0.1) is 0 Å². The third kappa shape index (κ3) is 3.53. The molecule has 1 rings (SSSR count). The largest absolute Gasteiger partial charge is 0.328 e. The number of para-hydroxylation sites is 1. The Morgan fingerprint density at radius 2 is 2.27 bits per heavy atom. The van der Waals surface area contributed by atoms with Crippen LogP contribution >= 0.6 is 11.6 Å². The maximum Gasteiger partial charge on any atom is 0.221 e. The maximum absolute atomic E-state index is 11.0. The molecule has 1 aromatic rings. The zero-order valence-corrected chi connectivity index (χ0v) is 9.64. The highest BCUT2D eigenvalue weighted by molar-refractivity contribution is 6.33. The molecule has 1 amide bonds. The highest BCUT2D eigenvalue weighted by Gasteiger charge is 2.09. The molecule has 0 heterocycles. The molecule has 15 heavy (non-hydrogen) atoms. The number of hydrogen-bond donors (Lipinski definition) is 2. The quantitative estimate of drug-likeness (QED) is 0.830. The SMILES string of the molecule is CC(=O)Nc1c(Cl)cccc1CC(C)N. The molecule has 1 unspecified atom stereocenters. The van der Waals surface area contributed by atoms with Gasteiger partial charge in [-0.15, -0.1) is 0 Å². The van der Waals surface area contributed by atoms with Gasteiger partial charge in [-0.05, 0) is 25.0 Å². The monoisotopic (exact) mass is 226 g/mol. The Bertz CT molecular complexity index is 364. The minimum absolute atomic E-state index is 0.0379. The fraction of sp³-hybridized carbons (Fsp3) is 0.364. The number of anilines is 1. The van der Waals surface area contributed by atoms with Crippen LogP contribution in [0.25, 0.3) is 0 Å². The molecule has 0 spiro atoms. The summed E-state index contributed by atoms with van der Waals surface area (Å²) in [4.78, 5) is 11.0. The normalized spacial score (nSPS) is 12.3. The van der Waals surface area contributed by atoms with Gasteiger partial charge in [-0.2, -0.15) is 0 Å². The molecular formula is C11H15ClN2O. The van der Waals surface area contributed by atoms with Gasteiger partial charge in [0.05, 0.1) is 10.7 Å². The minimum atomic E-state index is -0.131. The molecule has 0 aliphatic heterocycles. The van der Waals surface area contributed by atoms with Crippen molar-refractivity contribution in [1.82, 2.24) is 0 Å². The Hall–Kier alpha value is -1.06. The van der Waals surface area contributed by atoms with Crippen molar-refractivity contribution in [1.29, 1.82) is 0 Å². The predicted molar refractivity (Wildman–Crippen MR) is 63.1 cm³/mol. The molecule has 0 saturated carbocycles. The molecule has 3 nitrogen and oxygen atoms in total. The van der Waals surface area contributed by atoms with Gasteiger partial charge in [0.25, 0.3) is 0 Å². The van der Waals surface area contributed by atoms with Gasteiger partial charge in [0.15, 0.2) is 0 Å². The number of halogens is 1. The highest BCUT2D eigenvalue weighted by Crippen LogP contribution is 2.26. The summed E-state index contributed by atoms with van der Waals surface area (Å²) in [5, 5.41) is 3.27. The van der Waals surface area contributed by atoms with Gasteiger partial charge in [0, 0.05) is 13.0 Å². The molecule has 0 radical (unpaired) electrons. The molecular weight excluding hydrogens is 212 g/mol. The van der Waals surface area contributed by atoms with E-state index in [-0.39, 0.29) is 11.9 Å². The van der Waals surface area contributed by atoms with Gasteiger partial charge in [-0.3, -0.25) is 4.79 Å². The lowest BCUT2D eigenvalue weighted by atomic mass is 10.1. The summed E-state index contributed by atoms with van der Waals surface area (Å²) in [5.41, 5.74) is 7.35. The zero-order valence-electron chi connectivity index (χ0n) is 8.88. The second kappa shape index (κ2) is 5.14. The molecule has 0 bridgehead atoms. The zero-order chi connectivity index (χ0) is 11.4. The van der Waals surface area contributed by atoms with Crippen LogP contribution in [0.15, 0.2) is 18.2 Å². The van der Waals surface area contributed by atoms with E-state index in [4.69, 9.17) is 17.3 Å². The van der Waals surface area contributed by atoms with Gasteiger partial charge in [-0.1, -0.05) is 23.7 Å². The van der Waals surface area contributed by atoms with Crippen molar-refractivity contribution in [3.05, 3.63) is 28.8 Å². The van der Waals surface area contributed by atoms with Crippen molar-refractivity contribution in [3.8, 4) is 0 Å². The van der Waals surface area contributed by atoms with Crippen LogP contribution in [0.4, 0.5) is 5.69 Å². The number of hydrogen-bond acceptors (Lipinski definition) is 2. The summed E-state index contributed by atoms with van der Waals surface area (Å²) in [6, 6.07) is 5.56. The average molecular weight is 227 g/mol. The summed E-state index contributed by atoms with van der Waals surface area (Å²) in [5.74, 6) is -0.131. The Kier molecular flexibility index (Phi) is 4.12. The van der Waals surface area contributed by atoms with Crippen molar-refractivity contribution in [2.45, 2.75) is 26.3 Å². The molecule has 0 aliphatic carbocycles. The van der Waals surface area contributed by atoms with Crippen LogP contribution in [-0.2, 0) is 11.2 Å². The Morgan fingerprint density at radius 3 is 2.80 bits per heavy atom. The van der Waals surface area contributed by atoms with Gasteiger partial charge in [0.2, 0.25) is 5.91 Å². The fourth-order valence-corrected chi connectivity index (χ4v) is 1.64. The summed E-state index contributed by atoms with van der Waals surface area (Å²) >= 11 is 6.00. The first kappa shape index (κ1) is 12.0. The van der Waals surface area contributed by atoms with Gasteiger partial charge in [-0.25, -0.2) is 0 Å². The summed E-state index contributed by atoms with van der Waals surface area (Å²) in [7, 11) is 0. The summed E-state index contributed by atoms with van der Waals surface area (Å²) in [6.07, 6.45) is 0.691. The van der Waals surface area contributed by atoms with E-state index < -0.39 is 0 Å². The van der Waals surface area contributed by atoms with Crippen LogP contribution in [0.1, 0.15) is 19.4 Å². The minimum Gasteiger partial charge on any atom is -0.328 e. The first-order valence-corrected chi connectivity index (χ1v) is 5.19. The van der Waals surface area contributed by atoms with E-state index >= 15 is 0 Å². The van der Waals surface area contributed by atoms with Gasteiger partial charge in [0.1, 0.15) is 0 Å². The van der Waals surface area contributed by atoms with Crippen molar-refractivity contribution in [3.63, 3.8) is 0 Å². The fourth-order valence-electron chi connectivity index (χ4n) is 1.40. The summed E-state index contributed by atoms with van der Waals surface area (Å²) in [6.45, 7) is 3.37. The Balaban J connectivity index is 3.02. The van der Waals surface area contributed by atoms with E-state index in [0.717, 1.165) is 5.56 Å². The number of nitrogens with two attached hydrogens (primary N) is 1. The van der Waals surface area contributed by atoms with Gasteiger partial charge < -0.3 is 11.1 Å². The Labute approximate surface area is 94.6 Å². The second-order valence-corrected chi connectivity index (χ2v) is 4.04. The molecule has 0 fully saturated rings. The smallest absolute Gasteiger partial charge is 0.221 e. The number of carbonyl (C=O) groups excluding carboxylic acids is 1. The first-order chi connectivity index (χ1) is 7.00. The lowest BCUT2D eigenvalue weighted by Gasteiger charge is -2.13. The van der Waals surface area contributed by atoms with Crippen molar-refractivity contribution in [2.24, 2.45) is 5.73 Å². The molecule has 0 aliphatic rings. The van der Waals surface area contributed by atoms with Gasteiger partial charge >= 0.3 is 0 Å². The van der Waals surface area contributed by atoms with E-state index in [1.165, 1.54) is 6.92 Å². The first-order valence-electron chi connectivity index (χ1n) is 4.81. The van der Waals surface area contributed by atoms with E-state index in [0.29, 0.717) is 17.1 Å². The van der Waals surface area contributed by atoms with Crippen LogP contribution in [-0.4, -0.2) is 11.9 Å². The number of nitrogens with one attached hydrogen (secondary N) is 1. The van der Waals surface area contributed by atoms with Crippen molar-refractivity contribution < 1.29 is 4.79 Å². The number of carbonyl (C=O) groups is 1. The second-order valence-electron chi connectivity index (χ2n) is 3.64. The molecule has 82 valence electrons. The molecule has 0 aromatic heterocycles. The average Bonchev–Trinajstić information content (AvgIpc) is 2.09. The summed E-state index contributed by atoms with van der Waals surface area (Å²) < 4.78 is 0. The predicted octanol–water partition coefficient (Wildman–Crippen LogP) is 2.19. The topological polar surface area (TPSA) is 55.1 Å². The van der Waals surface area contributed by atoms with Crippen molar-refractivity contribution >= 4 is 23.2 Å². The maximum atomic E-state index is 11.0. The van der Waals surface area contributed by atoms with Crippen LogP contribution < -0.4 is 11.1 Å². The van der Waals surface area contributed by atoms with Crippen molar-refractivity contribution in [2.75, 3.05) is 5.32 Å². The van der Waals surface area contributed by atoms with Crippen LogP contribution in [0.2, 0.25) is 5.02 Å². The van der Waals surface area contributed by atoms with E-state index in [1.807, 2.05) is 19.1 Å². The Morgan fingerprint density at radius 1 is 1.60 bits per heavy atom. The lowest BCUT2D eigenvalue weighted by Crippen LogP contribution is -2.19. The van der Waals surface area contributed by atoms with E-state index in [9.17, 15) is 4.79 Å². The molecule has 1 aromatic carbocycles. The van der Waals surface area contributed by atoms with Crippen LogP contribution in [0.3, 0.4) is 0 Å². The lowest BCUT2D eigenvalue weighted by molar-refractivity contribution is -0.114. The highest BCUT2D eigenvalue weighted by atomic mass is 35.5. The third-order valence-electron chi connectivity index (χ3n) is 1.94. The third-order valence-corrected chi connectivity index (χ3v) is 2.26. The molecule has 1 atom stereocenters. The van der Waals surface area contributed by atoms with E-state index in [1.54, 1.807) is 6.07 Å². The molecule has 0 saturated heterocycles. The van der Waals surface area contributed by atoms with Crippen LogP contribution in [0.5, 0.6) is 0 Å². The number of amides is 1. The number of benzene rings is 1. The molecule has 4 heteroatoms. The standard InChI is InChI=1S/C11H15ClN2O/c1-7(13)6-9-4-3-5-10(12)11(9)14-8(2)15/h3-5,7H,6,13H2,1-2H3,(H,14,15). The molecule has 3 N–H and O–H groups in total. The number of rotatable bonds is 3. The van der Waals surface area contributed by atoms with E-state index in [2.05, 4.69) is 5.32 Å².